The molecular weight excluding hydrogens is 236 g/mol. The Labute approximate surface area is 114 Å². The molecule has 1 aromatic carbocycles. The van der Waals surface area contributed by atoms with Crippen LogP contribution in [0.3, 0.4) is 0 Å². The minimum Gasteiger partial charge on any atom is -0.493 e. The molecule has 100 valence electrons. The molecule has 1 heterocycles. The van der Waals surface area contributed by atoms with Crippen LogP contribution in [-0.4, -0.2) is 11.6 Å². The number of rotatable bonds is 5. The van der Waals surface area contributed by atoms with Gasteiger partial charge >= 0.3 is 0 Å². The lowest BCUT2D eigenvalue weighted by Gasteiger charge is -2.14. The SMILES string of the molecule is Cc1ccc(OCCc2cccnc2)c([C@H](C)N)c1. The Kier molecular flexibility index (Phi) is 4.53. The second-order valence-electron chi connectivity index (χ2n) is 4.79. The zero-order valence-electron chi connectivity index (χ0n) is 11.5. The van der Waals surface area contributed by atoms with Crippen LogP contribution in [0.1, 0.15) is 29.7 Å². The minimum atomic E-state index is -0.0201. The summed E-state index contributed by atoms with van der Waals surface area (Å²) in [6.45, 7) is 4.67. The fourth-order valence-corrected chi connectivity index (χ4v) is 1.98. The molecule has 0 bridgehead atoms. The fraction of sp³-hybridized carbons (Fsp3) is 0.312. The van der Waals surface area contributed by atoms with Crippen LogP contribution < -0.4 is 10.5 Å². The van der Waals surface area contributed by atoms with Crippen LogP contribution in [0.25, 0.3) is 0 Å². The molecule has 3 nitrogen and oxygen atoms in total. The van der Waals surface area contributed by atoms with Crippen molar-refractivity contribution in [2.24, 2.45) is 5.73 Å². The van der Waals surface area contributed by atoms with E-state index < -0.39 is 0 Å². The molecule has 0 saturated heterocycles. The maximum absolute atomic E-state index is 5.98. The first-order valence-corrected chi connectivity index (χ1v) is 6.54. The summed E-state index contributed by atoms with van der Waals surface area (Å²) < 4.78 is 5.85. The highest BCUT2D eigenvalue weighted by molar-refractivity contribution is 5.38. The molecule has 2 N–H and O–H groups in total. The molecule has 0 spiro atoms. The van der Waals surface area contributed by atoms with Gasteiger partial charge in [0.15, 0.2) is 0 Å². The molecule has 0 aliphatic heterocycles. The minimum absolute atomic E-state index is 0.0201. The number of hydrogen-bond donors (Lipinski definition) is 1. The van der Waals surface area contributed by atoms with Crippen molar-refractivity contribution in [3.63, 3.8) is 0 Å². The summed E-state index contributed by atoms with van der Waals surface area (Å²) in [4.78, 5) is 4.09. The van der Waals surface area contributed by atoms with E-state index in [-0.39, 0.29) is 6.04 Å². The molecule has 1 atom stereocenters. The van der Waals surface area contributed by atoms with Crippen LogP contribution in [0, 0.1) is 6.92 Å². The van der Waals surface area contributed by atoms with Gasteiger partial charge in [-0.05, 0) is 31.5 Å². The van der Waals surface area contributed by atoms with Gasteiger partial charge in [0.25, 0.3) is 0 Å². The van der Waals surface area contributed by atoms with E-state index in [2.05, 4.69) is 24.0 Å². The Morgan fingerprint density at radius 3 is 2.84 bits per heavy atom. The summed E-state index contributed by atoms with van der Waals surface area (Å²) in [5.41, 5.74) is 9.42. The van der Waals surface area contributed by atoms with Gasteiger partial charge < -0.3 is 10.5 Å². The first-order chi connectivity index (χ1) is 9.16. The third kappa shape index (κ3) is 3.80. The lowest BCUT2D eigenvalue weighted by molar-refractivity contribution is 0.317. The summed E-state index contributed by atoms with van der Waals surface area (Å²) in [5, 5.41) is 0. The van der Waals surface area contributed by atoms with Crippen LogP contribution in [0.4, 0.5) is 0 Å². The summed E-state index contributed by atoms with van der Waals surface area (Å²) in [6, 6.07) is 10.1. The van der Waals surface area contributed by atoms with Gasteiger partial charge in [-0.2, -0.15) is 0 Å². The lowest BCUT2D eigenvalue weighted by Crippen LogP contribution is -2.10. The molecule has 0 aliphatic carbocycles. The van der Waals surface area contributed by atoms with Crippen molar-refractivity contribution in [1.29, 1.82) is 0 Å². The fourth-order valence-electron chi connectivity index (χ4n) is 1.98. The average Bonchev–Trinajstić information content (AvgIpc) is 2.41. The highest BCUT2D eigenvalue weighted by Crippen LogP contribution is 2.25. The third-order valence-corrected chi connectivity index (χ3v) is 3.03. The maximum atomic E-state index is 5.98. The van der Waals surface area contributed by atoms with Gasteiger partial charge in [0.05, 0.1) is 6.61 Å². The second-order valence-corrected chi connectivity index (χ2v) is 4.79. The van der Waals surface area contributed by atoms with Crippen molar-refractivity contribution < 1.29 is 4.74 Å². The van der Waals surface area contributed by atoms with Crippen LogP contribution in [-0.2, 0) is 6.42 Å². The number of pyridine rings is 1. The van der Waals surface area contributed by atoms with E-state index in [1.54, 1.807) is 6.20 Å². The van der Waals surface area contributed by atoms with Gasteiger partial charge in [-0.3, -0.25) is 4.98 Å². The standard InChI is InChI=1S/C16H20N2O/c1-12-5-6-16(15(10-12)13(2)17)19-9-7-14-4-3-8-18-11-14/h3-6,8,10-11,13H,7,9,17H2,1-2H3/t13-/m0/s1. The smallest absolute Gasteiger partial charge is 0.124 e. The lowest BCUT2D eigenvalue weighted by atomic mass is 10.1. The maximum Gasteiger partial charge on any atom is 0.124 e. The Hall–Kier alpha value is -1.87. The summed E-state index contributed by atoms with van der Waals surface area (Å²) in [5.74, 6) is 0.879. The normalized spacial score (nSPS) is 12.2. The average molecular weight is 256 g/mol. The summed E-state index contributed by atoms with van der Waals surface area (Å²) in [6.07, 6.45) is 4.49. The van der Waals surface area contributed by atoms with E-state index >= 15 is 0 Å². The molecule has 0 fully saturated rings. The molecular formula is C16H20N2O. The van der Waals surface area contributed by atoms with E-state index in [0.717, 1.165) is 17.7 Å². The van der Waals surface area contributed by atoms with Gasteiger partial charge in [-0.15, -0.1) is 0 Å². The van der Waals surface area contributed by atoms with Crippen LogP contribution >= 0.6 is 0 Å². The number of hydrogen-bond acceptors (Lipinski definition) is 3. The molecule has 19 heavy (non-hydrogen) atoms. The van der Waals surface area contributed by atoms with E-state index in [9.17, 15) is 0 Å². The molecule has 2 aromatic rings. The van der Waals surface area contributed by atoms with Crippen molar-refractivity contribution >= 4 is 0 Å². The quantitative estimate of drug-likeness (QED) is 0.894. The van der Waals surface area contributed by atoms with E-state index in [1.165, 1.54) is 11.1 Å². The topological polar surface area (TPSA) is 48.1 Å². The van der Waals surface area contributed by atoms with Gasteiger partial charge in [0.2, 0.25) is 0 Å². The molecule has 0 amide bonds. The first-order valence-electron chi connectivity index (χ1n) is 6.54. The molecule has 2 rings (SSSR count). The van der Waals surface area contributed by atoms with E-state index in [1.807, 2.05) is 31.3 Å². The van der Waals surface area contributed by atoms with Crippen molar-refractivity contribution in [2.75, 3.05) is 6.61 Å². The van der Waals surface area contributed by atoms with Crippen molar-refractivity contribution in [3.8, 4) is 5.75 Å². The number of aryl methyl sites for hydroxylation is 1. The number of ether oxygens (including phenoxy) is 1. The highest BCUT2D eigenvalue weighted by atomic mass is 16.5. The zero-order valence-corrected chi connectivity index (χ0v) is 11.5. The Morgan fingerprint density at radius 2 is 2.16 bits per heavy atom. The molecule has 0 saturated carbocycles. The predicted octanol–water partition coefficient (Wildman–Crippen LogP) is 3.03. The predicted molar refractivity (Wildman–Crippen MR) is 77.2 cm³/mol. The molecule has 0 radical (unpaired) electrons. The second kappa shape index (κ2) is 6.34. The van der Waals surface area contributed by atoms with Crippen LogP contribution in [0.15, 0.2) is 42.7 Å². The molecule has 1 aromatic heterocycles. The number of benzene rings is 1. The monoisotopic (exact) mass is 256 g/mol. The number of nitrogens with zero attached hydrogens (tertiary/aromatic N) is 1. The van der Waals surface area contributed by atoms with Crippen LogP contribution in [0.2, 0.25) is 0 Å². The van der Waals surface area contributed by atoms with Gasteiger partial charge in [-0.25, -0.2) is 0 Å². The highest BCUT2D eigenvalue weighted by Gasteiger charge is 2.08. The zero-order chi connectivity index (χ0) is 13.7. The Balaban J connectivity index is 2.00. The van der Waals surface area contributed by atoms with Crippen LogP contribution in [0.5, 0.6) is 5.75 Å². The summed E-state index contributed by atoms with van der Waals surface area (Å²) >= 11 is 0. The summed E-state index contributed by atoms with van der Waals surface area (Å²) in [7, 11) is 0. The van der Waals surface area contributed by atoms with Crippen molar-refractivity contribution in [2.45, 2.75) is 26.3 Å². The molecule has 0 unspecified atom stereocenters. The van der Waals surface area contributed by atoms with Gasteiger partial charge in [-0.1, -0.05) is 23.8 Å². The van der Waals surface area contributed by atoms with E-state index in [4.69, 9.17) is 10.5 Å². The van der Waals surface area contributed by atoms with Crippen molar-refractivity contribution in [3.05, 3.63) is 59.4 Å². The van der Waals surface area contributed by atoms with E-state index in [0.29, 0.717) is 6.61 Å². The number of nitrogens with two attached hydrogens (primary N) is 1. The first kappa shape index (κ1) is 13.6. The Bertz CT molecular complexity index is 524. The Morgan fingerprint density at radius 1 is 1.32 bits per heavy atom. The van der Waals surface area contributed by atoms with Gasteiger partial charge in [0, 0.05) is 30.4 Å². The third-order valence-electron chi connectivity index (χ3n) is 3.03. The largest absolute Gasteiger partial charge is 0.493 e. The molecule has 0 aliphatic rings. The van der Waals surface area contributed by atoms with Gasteiger partial charge in [0.1, 0.15) is 5.75 Å². The van der Waals surface area contributed by atoms with Crippen molar-refractivity contribution in [1.82, 2.24) is 4.98 Å². The molecule has 3 heteroatoms. The number of aromatic nitrogens is 1.